The Labute approximate surface area is 128 Å². The predicted molar refractivity (Wildman–Crippen MR) is 84.3 cm³/mol. The second kappa shape index (κ2) is 8.89. The average molecular weight is 297 g/mol. The molecule has 4 nitrogen and oxygen atoms in total. The van der Waals surface area contributed by atoms with Crippen LogP contribution in [0.1, 0.15) is 39.0 Å². The van der Waals surface area contributed by atoms with Crippen LogP contribution in [-0.2, 0) is 9.47 Å². The second-order valence-corrected chi connectivity index (χ2v) is 6.59. The Balaban J connectivity index is 1.57. The first-order valence-corrected chi connectivity index (χ1v) is 8.37. The summed E-state index contributed by atoms with van der Waals surface area (Å²) in [5.41, 5.74) is 0. The van der Waals surface area contributed by atoms with Crippen LogP contribution in [0.4, 0.5) is 0 Å². The summed E-state index contributed by atoms with van der Waals surface area (Å²) in [6.45, 7) is 4.04. The molecule has 1 saturated carbocycles. The lowest BCUT2D eigenvalue weighted by molar-refractivity contribution is 0.00875. The van der Waals surface area contributed by atoms with Crippen molar-refractivity contribution in [3.8, 4) is 0 Å². The molecule has 0 aliphatic heterocycles. The molecule has 2 aliphatic carbocycles. The molecule has 0 amide bonds. The molecule has 2 aliphatic rings. The van der Waals surface area contributed by atoms with Gasteiger partial charge in [-0.25, -0.2) is 0 Å². The van der Waals surface area contributed by atoms with Crippen molar-refractivity contribution in [1.82, 2.24) is 5.32 Å². The zero-order valence-corrected chi connectivity index (χ0v) is 13.5. The third-order valence-corrected chi connectivity index (χ3v) is 4.93. The molecule has 0 radical (unpaired) electrons. The maximum Gasteiger partial charge on any atom is 0.0897 e. The van der Waals surface area contributed by atoms with Crippen molar-refractivity contribution in [2.45, 2.75) is 57.3 Å². The molecule has 5 unspecified atom stereocenters. The lowest BCUT2D eigenvalue weighted by Crippen LogP contribution is -2.42. The summed E-state index contributed by atoms with van der Waals surface area (Å²) in [7, 11) is 1.77. The highest BCUT2D eigenvalue weighted by Gasteiger charge is 2.27. The van der Waals surface area contributed by atoms with Crippen LogP contribution in [0.3, 0.4) is 0 Å². The Hall–Kier alpha value is -0.420. The number of ether oxygens (including phenoxy) is 2. The lowest BCUT2D eigenvalue weighted by Gasteiger charge is -2.26. The van der Waals surface area contributed by atoms with E-state index in [1.165, 1.54) is 6.42 Å². The standard InChI is InChI=1S/C17H31NO3/c1-13-6-3-4-7-14(13)11-21-12-15(19)10-18-16-8-5-9-17(16)20-2/h3-4,13-19H,5-12H2,1-2H3. The fraction of sp³-hybridized carbons (Fsp3) is 0.882. The highest BCUT2D eigenvalue weighted by molar-refractivity contribution is 4.93. The third-order valence-electron chi connectivity index (χ3n) is 4.93. The van der Waals surface area contributed by atoms with Crippen LogP contribution >= 0.6 is 0 Å². The summed E-state index contributed by atoms with van der Waals surface area (Å²) in [6.07, 6.45) is 10.1. The highest BCUT2D eigenvalue weighted by Crippen LogP contribution is 2.25. The molecule has 21 heavy (non-hydrogen) atoms. The Morgan fingerprint density at radius 1 is 1.29 bits per heavy atom. The van der Waals surface area contributed by atoms with Gasteiger partial charge in [0, 0.05) is 19.7 Å². The van der Waals surface area contributed by atoms with Crippen LogP contribution in [0, 0.1) is 11.8 Å². The molecule has 122 valence electrons. The van der Waals surface area contributed by atoms with E-state index in [0.29, 0.717) is 37.1 Å². The molecule has 0 heterocycles. The number of aliphatic hydroxyl groups is 1. The van der Waals surface area contributed by atoms with Crippen molar-refractivity contribution in [2.24, 2.45) is 11.8 Å². The van der Waals surface area contributed by atoms with E-state index in [-0.39, 0.29) is 0 Å². The van der Waals surface area contributed by atoms with Crippen molar-refractivity contribution in [3.63, 3.8) is 0 Å². The lowest BCUT2D eigenvalue weighted by atomic mass is 9.85. The minimum Gasteiger partial charge on any atom is -0.389 e. The fourth-order valence-electron chi connectivity index (χ4n) is 3.38. The number of hydrogen-bond donors (Lipinski definition) is 2. The van der Waals surface area contributed by atoms with Crippen molar-refractivity contribution < 1.29 is 14.6 Å². The monoisotopic (exact) mass is 297 g/mol. The van der Waals surface area contributed by atoms with Crippen molar-refractivity contribution >= 4 is 0 Å². The van der Waals surface area contributed by atoms with E-state index >= 15 is 0 Å². The zero-order chi connectivity index (χ0) is 15.1. The SMILES string of the molecule is COC1CCCC1NCC(O)COCC1CC=CCC1C. The smallest absolute Gasteiger partial charge is 0.0897 e. The van der Waals surface area contributed by atoms with Crippen LogP contribution in [0.25, 0.3) is 0 Å². The molecule has 0 bridgehead atoms. The number of allylic oxidation sites excluding steroid dienone is 2. The van der Waals surface area contributed by atoms with Gasteiger partial charge in [-0.05, 0) is 43.9 Å². The summed E-state index contributed by atoms with van der Waals surface area (Å²) in [5, 5.41) is 13.4. The molecule has 5 atom stereocenters. The topological polar surface area (TPSA) is 50.7 Å². The van der Waals surface area contributed by atoms with Gasteiger partial charge < -0.3 is 19.9 Å². The first-order chi connectivity index (χ1) is 10.2. The molecule has 0 spiro atoms. The molecule has 0 aromatic heterocycles. The summed E-state index contributed by atoms with van der Waals surface area (Å²) in [5.74, 6) is 1.29. The van der Waals surface area contributed by atoms with Gasteiger partial charge in [0.05, 0.1) is 25.4 Å². The molecule has 0 aromatic carbocycles. The van der Waals surface area contributed by atoms with Gasteiger partial charge >= 0.3 is 0 Å². The minimum absolute atomic E-state index is 0.299. The van der Waals surface area contributed by atoms with Gasteiger partial charge in [0.2, 0.25) is 0 Å². The number of nitrogens with one attached hydrogen (secondary N) is 1. The predicted octanol–water partition coefficient (Wildman–Crippen LogP) is 2.12. The molecule has 2 rings (SSSR count). The summed E-state index contributed by atoms with van der Waals surface area (Å²) in [4.78, 5) is 0. The van der Waals surface area contributed by atoms with Crippen molar-refractivity contribution in [3.05, 3.63) is 12.2 Å². The zero-order valence-electron chi connectivity index (χ0n) is 13.5. The van der Waals surface area contributed by atoms with E-state index in [9.17, 15) is 5.11 Å². The normalized spacial score (nSPS) is 34.2. The molecule has 0 aromatic rings. The molecule has 1 fully saturated rings. The molecule has 4 heteroatoms. The number of hydrogen-bond acceptors (Lipinski definition) is 4. The largest absolute Gasteiger partial charge is 0.389 e. The first-order valence-electron chi connectivity index (χ1n) is 8.37. The van der Waals surface area contributed by atoms with E-state index in [4.69, 9.17) is 9.47 Å². The highest BCUT2D eigenvalue weighted by atomic mass is 16.5. The Bertz CT molecular complexity index is 321. The molecule has 2 N–H and O–H groups in total. The van der Waals surface area contributed by atoms with E-state index in [2.05, 4.69) is 24.4 Å². The summed E-state index contributed by atoms with van der Waals surface area (Å²) < 4.78 is 11.2. The van der Waals surface area contributed by atoms with Gasteiger partial charge in [-0.2, -0.15) is 0 Å². The van der Waals surface area contributed by atoms with Crippen LogP contribution < -0.4 is 5.32 Å². The second-order valence-electron chi connectivity index (χ2n) is 6.59. The Kier molecular flexibility index (Phi) is 7.17. The first kappa shape index (κ1) is 16.9. The Morgan fingerprint density at radius 3 is 2.86 bits per heavy atom. The molecule has 0 saturated heterocycles. The quantitative estimate of drug-likeness (QED) is 0.674. The van der Waals surface area contributed by atoms with Crippen LogP contribution in [-0.4, -0.2) is 50.2 Å². The average Bonchev–Trinajstić information content (AvgIpc) is 2.94. The van der Waals surface area contributed by atoms with E-state index in [1.807, 2.05) is 0 Å². The van der Waals surface area contributed by atoms with Gasteiger partial charge in [-0.15, -0.1) is 0 Å². The van der Waals surface area contributed by atoms with E-state index < -0.39 is 6.10 Å². The van der Waals surface area contributed by atoms with Gasteiger partial charge in [-0.1, -0.05) is 19.1 Å². The summed E-state index contributed by atoms with van der Waals surface area (Å²) in [6, 6.07) is 0.383. The number of methoxy groups -OCH3 is 1. The maximum absolute atomic E-state index is 10.0. The molecular formula is C17H31NO3. The minimum atomic E-state index is -0.433. The van der Waals surface area contributed by atoms with Crippen LogP contribution in [0.2, 0.25) is 0 Å². The van der Waals surface area contributed by atoms with Gasteiger partial charge in [-0.3, -0.25) is 0 Å². The van der Waals surface area contributed by atoms with E-state index in [1.54, 1.807) is 7.11 Å². The van der Waals surface area contributed by atoms with Gasteiger partial charge in [0.15, 0.2) is 0 Å². The fourth-order valence-corrected chi connectivity index (χ4v) is 3.38. The number of rotatable bonds is 8. The molecular weight excluding hydrogens is 266 g/mol. The van der Waals surface area contributed by atoms with Crippen LogP contribution in [0.15, 0.2) is 12.2 Å². The third kappa shape index (κ3) is 5.37. The maximum atomic E-state index is 10.0. The Morgan fingerprint density at radius 2 is 2.10 bits per heavy atom. The van der Waals surface area contributed by atoms with Gasteiger partial charge in [0.1, 0.15) is 0 Å². The van der Waals surface area contributed by atoms with Crippen molar-refractivity contribution in [2.75, 3.05) is 26.9 Å². The number of aliphatic hydroxyl groups excluding tert-OH is 1. The summed E-state index contributed by atoms with van der Waals surface area (Å²) >= 11 is 0. The van der Waals surface area contributed by atoms with Crippen molar-refractivity contribution in [1.29, 1.82) is 0 Å². The van der Waals surface area contributed by atoms with Gasteiger partial charge in [0.25, 0.3) is 0 Å². The van der Waals surface area contributed by atoms with Crippen LogP contribution in [0.5, 0.6) is 0 Å². The van der Waals surface area contributed by atoms with E-state index in [0.717, 1.165) is 32.3 Å².